The number of amides is 2. The number of H-pyrrole nitrogens is 1. The lowest BCUT2D eigenvalue weighted by molar-refractivity contribution is -0.130. The van der Waals surface area contributed by atoms with Crippen molar-refractivity contribution in [2.24, 2.45) is 0 Å². The quantitative estimate of drug-likeness (QED) is 0.304. The van der Waals surface area contributed by atoms with Crippen molar-refractivity contribution < 1.29 is 9.59 Å². The van der Waals surface area contributed by atoms with Gasteiger partial charge in [0, 0.05) is 58.5 Å². The molecule has 1 aromatic carbocycles. The summed E-state index contributed by atoms with van der Waals surface area (Å²) in [6, 6.07) is 7.93. The van der Waals surface area contributed by atoms with E-state index >= 15 is 0 Å². The highest BCUT2D eigenvalue weighted by Crippen LogP contribution is 2.49. The molecule has 1 fully saturated rings. The number of likely N-dealkylation sites (tertiary alicyclic amines) is 1. The SMILES string of the molecule is C=C(C)N(C)C.CCC1=C(C=C(C)C)CCc2cc(C(=O)N(C)C)ccc2C1(C[C@@H](C)NCC(=O)N1CCCC1C#N)c1n[nH]c(CC)n1. The number of benzene rings is 1. The third kappa shape index (κ3) is 9.27. The lowest BCUT2D eigenvalue weighted by atomic mass is 9.66. The van der Waals surface area contributed by atoms with Gasteiger partial charge in [0.05, 0.1) is 18.0 Å². The average molecular weight is 671 g/mol. The lowest BCUT2D eigenvalue weighted by Gasteiger charge is -2.38. The molecule has 0 saturated carbocycles. The van der Waals surface area contributed by atoms with Gasteiger partial charge in [-0.25, -0.2) is 4.98 Å². The van der Waals surface area contributed by atoms with E-state index in [0.717, 1.165) is 67.0 Å². The second kappa shape index (κ2) is 17.4. The minimum atomic E-state index is -0.677. The Hall–Kier alpha value is -4.23. The predicted octanol–water partition coefficient (Wildman–Crippen LogP) is 5.94. The van der Waals surface area contributed by atoms with Crippen LogP contribution >= 0.6 is 0 Å². The zero-order valence-electron chi connectivity index (χ0n) is 31.5. The largest absolute Gasteiger partial charge is 0.382 e. The summed E-state index contributed by atoms with van der Waals surface area (Å²) in [7, 11) is 7.50. The summed E-state index contributed by atoms with van der Waals surface area (Å²) in [5.41, 5.74) is 7.09. The first kappa shape index (κ1) is 39.2. The van der Waals surface area contributed by atoms with Crippen molar-refractivity contribution in [3.8, 4) is 6.07 Å². The van der Waals surface area contributed by atoms with Crippen LogP contribution in [0.5, 0.6) is 0 Å². The Labute approximate surface area is 294 Å². The maximum absolute atomic E-state index is 13.1. The molecule has 0 spiro atoms. The second-order valence-electron chi connectivity index (χ2n) is 14.0. The van der Waals surface area contributed by atoms with Gasteiger partial charge >= 0.3 is 0 Å². The molecular weight excluding hydrogens is 612 g/mol. The van der Waals surface area contributed by atoms with Crippen molar-refractivity contribution in [1.29, 1.82) is 5.26 Å². The number of aromatic nitrogens is 3. The molecule has 2 heterocycles. The topological polar surface area (TPSA) is 121 Å². The van der Waals surface area contributed by atoms with Crippen molar-refractivity contribution in [3.05, 3.63) is 81.6 Å². The molecule has 2 aromatic rings. The van der Waals surface area contributed by atoms with Crippen molar-refractivity contribution in [2.75, 3.05) is 41.3 Å². The Kier molecular flexibility index (Phi) is 14.0. The van der Waals surface area contributed by atoms with Crippen LogP contribution in [0.3, 0.4) is 0 Å². The van der Waals surface area contributed by atoms with E-state index in [0.29, 0.717) is 18.5 Å². The van der Waals surface area contributed by atoms with Gasteiger partial charge in [0.25, 0.3) is 5.91 Å². The maximum atomic E-state index is 13.1. The minimum absolute atomic E-state index is 0.0249. The molecule has 4 rings (SSSR count). The van der Waals surface area contributed by atoms with Crippen molar-refractivity contribution in [2.45, 2.75) is 104 Å². The number of nitrogens with one attached hydrogen (secondary N) is 2. The second-order valence-corrected chi connectivity index (χ2v) is 14.0. The summed E-state index contributed by atoms with van der Waals surface area (Å²) in [5.74, 6) is 1.48. The molecule has 0 radical (unpaired) electrons. The normalized spacial score (nSPS) is 19.1. The van der Waals surface area contributed by atoms with E-state index in [4.69, 9.17) is 10.1 Å². The number of nitriles is 1. The smallest absolute Gasteiger partial charge is 0.253 e. The Morgan fingerprint density at radius 2 is 1.86 bits per heavy atom. The third-order valence-electron chi connectivity index (χ3n) is 9.55. The fourth-order valence-corrected chi connectivity index (χ4v) is 6.82. The van der Waals surface area contributed by atoms with E-state index in [1.807, 2.05) is 32.0 Å². The molecule has 1 aromatic heterocycles. The van der Waals surface area contributed by atoms with E-state index in [1.165, 1.54) is 16.7 Å². The first-order valence-electron chi connectivity index (χ1n) is 17.6. The maximum Gasteiger partial charge on any atom is 0.253 e. The standard InChI is InChI=1S/C34H47N7O2.C5H11N/c1-8-28-24(17-22(3)4)12-13-25-18-26(32(43)40(6)7)14-15-29(25)34(28,33-37-30(9-2)38-39-33)19-23(5)36-21-31(42)41-16-10-11-27(41)20-35;1-5(2)6(3)4/h14-15,17-18,23,27,36H,8-13,16,19,21H2,1-7H3,(H,37,38,39);1H2,2-4H3/t23-,27?,34?;/m1./s1. The van der Waals surface area contributed by atoms with Crippen molar-refractivity contribution in [3.63, 3.8) is 0 Å². The molecule has 1 aliphatic heterocycles. The molecule has 2 aliphatic rings. The highest BCUT2D eigenvalue weighted by molar-refractivity contribution is 5.94. The fraction of sp³-hybridized carbons (Fsp3) is 0.564. The molecule has 2 unspecified atom stereocenters. The van der Waals surface area contributed by atoms with Crippen LogP contribution in [-0.4, -0.2) is 95.1 Å². The van der Waals surface area contributed by atoms with Gasteiger partial charge in [-0.15, -0.1) is 0 Å². The molecule has 10 nitrogen and oxygen atoms in total. The molecule has 2 amide bonds. The predicted molar refractivity (Wildman–Crippen MR) is 197 cm³/mol. The van der Waals surface area contributed by atoms with Gasteiger partial charge in [0.2, 0.25) is 5.91 Å². The zero-order valence-corrected chi connectivity index (χ0v) is 31.5. The van der Waals surface area contributed by atoms with E-state index in [1.54, 1.807) is 23.9 Å². The van der Waals surface area contributed by atoms with Gasteiger partial charge in [-0.2, -0.15) is 10.4 Å². The molecule has 49 heavy (non-hydrogen) atoms. The average Bonchev–Trinajstić information content (AvgIpc) is 3.73. The van der Waals surface area contributed by atoms with Gasteiger partial charge in [0.15, 0.2) is 5.82 Å². The van der Waals surface area contributed by atoms with Crippen LogP contribution in [0.15, 0.2) is 53.3 Å². The summed E-state index contributed by atoms with van der Waals surface area (Å²) in [5, 5.41) is 21.0. The number of allylic oxidation sites excluding steroid dienone is 5. The molecular formula is C39H58N8O2. The molecule has 1 aliphatic carbocycles. The third-order valence-corrected chi connectivity index (χ3v) is 9.55. The summed E-state index contributed by atoms with van der Waals surface area (Å²) >= 11 is 0. The van der Waals surface area contributed by atoms with E-state index in [9.17, 15) is 14.9 Å². The van der Waals surface area contributed by atoms with Crippen LogP contribution in [0.1, 0.15) is 107 Å². The monoisotopic (exact) mass is 670 g/mol. The number of aryl methyl sites for hydroxylation is 2. The minimum Gasteiger partial charge on any atom is -0.382 e. The first-order valence-corrected chi connectivity index (χ1v) is 17.6. The van der Waals surface area contributed by atoms with Crippen LogP contribution in [0.4, 0.5) is 0 Å². The van der Waals surface area contributed by atoms with Crippen molar-refractivity contribution >= 4 is 11.8 Å². The van der Waals surface area contributed by atoms with E-state index in [-0.39, 0.29) is 30.4 Å². The van der Waals surface area contributed by atoms with Crippen LogP contribution < -0.4 is 5.32 Å². The van der Waals surface area contributed by atoms with Gasteiger partial charge in [-0.3, -0.25) is 14.7 Å². The van der Waals surface area contributed by atoms with Gasteiger partial charge in [0.1, 0.15) is 11.9 Å². The fourth-order valence-electron chi connectivity index (χ4n) is 6.82. The highest BCUT2D eigenvalue weighted by atomic mass is 16.2. The highest BCUT2D eigenvalue weighted by Gasteiger charge is 2.46. The first-order chi connectivity index (χ1) is 23.2. The van der Waals surface area contributed by atoms with Gasteiger partial charge in [-0.1, -0.05) is 38.1 Å². The van der Waals surface area contributed by atoms with E-state index in [2.05, 4.69) is 75.9 Å². The van der Waals surface area contributed by atoms with E-state index < -0.39 is 5.41 Å². The number of carbonyl (C=O) groups excluding carboxylic acids is 2. The number of carbonyl (C=O) groups is 2. The Morgan fingerprint density at radius 3 is 2.41 bits per heavy atom. The Morgan fingerprint density at radius 1 is 1.16 bits per heavy atom. The Balaban J connectivity index is 0.000000992. The zero-order chi connectivity index (χ0) is 36.5. The van der Waals surface area contributed by atoms with Crippen LogP contribution in [0.25, 0.3) is 0 Å². The molecule has 10 heteroatoms. The Bertz CT molecular complexity index is 1590. The van der Waals surface area contributed by atoms with Crippen LogP contribution in [0.2, 0.25) is 0 Å². The number of rotatable bonds is 11. The van der Waals surface area contributed by atoms with Gasteiger partial charge in [-0.05, 0) is 101 Å². The molecule has 266 valence electrons. The summed E-state index contributed by atoms with van der Waals surface area (Å²) in [4.78, 5) is 36.5. The summed E-state index contributed by atoms with van der Waals surface area (Å²) in [6.07, 6.45) is 7.68. The number of fused-ring (bicyclic) bond motifs is 1. The van der Waals surface area contributed by atoms with Crippen molar-refractivity contribution in [1.82, 2.24) is 35.2 Å². The van der Waals surface area contributed by atoms with Crippen LogP contribution in [0, 0.1) is 11.3 Å². The summed E-state index contributed by atoms with van der Waals surface area (Å²) < 4.78 is 0. The van der Waals surface area contributed by atoms with Crippen LogP contribution in [-0.2, 0) is 23.1 Å². The van der Waals surface area contributed by atoms with Gasteiger partial charge < -0.3 is 20.0 Å². The number of hydrogen-bond donors (Lipinski definition) is 2. The lowest BCUT2D eigenvalue weighted by Crippen LogP contribution is -2.45. The molecule has 0 bridgehead atoms. The number of aromatic amines is 1. The number of hydrogen-bond acceptors (Lipinski definition) is 7. The molecule has 1 saturated heterocycles. The summed E-state index contributed by atoms with van der Waals surface area (Å²) in [6.45, 7) is 17.1. The molecule has 3 atom stereocenters. The molecule has 2 N–H and O–H groups in total. The number of nitrogens with zero attached hydrogens (tertiary/aromatic N) is 6.